The number of rotatable bonds is 9. The van der Waals surface area contributed by atoms with Gasteiger partial charge in [0.15, 0.2) is 6.61 Å². The summed E-state index contributed by atoms with van der Waals surface area (Å²) in [6.07, 6.45) is 4.05. The van der Waals surface area contributed by atoms with Crippen molar-refractivity contribution in [2.24, 2.45) is 0 Å². The topological polar surface area (TPSA) is 55.6 Å². The van der Waals surface area contributed by atoms with Gasteiger partial charge in [-0.3, -0.25) is 4.79 Å². The summed E-state index contributed by atoms with van der Waals surface area (Å²) in [5.41, 5.74) is 7.01. The second kappa shape index (κ2) is 10.4. The first-order valence-electron chi connectivity index (χ1n) is 13.2. The number of imidazole rings is 1. The molecule has 2 aromatic carbocycles. The number of fused-ring (bicyclic) bond motifs is 1. The number of ether oxygens (including phenoxy) is 1. The number of carbonyl (C=O) groups is 1. The lowest BCUT2D eigenvalue weighted by Crippen LogP contribution is -2.24. The first-order valence-corrected chi connectivity index (χ1v) is 13.2. The highest BCUT2D eigenvalue weighted by atomic mass is 16.5. The van der Waals surface area contributed by atoms with Crippen LogP contribution in [0.1, 0.15) is 71.2 Å². The molecule has 4 rings (SSSR count). The van der Waals surface area contributed by atoms with Crippen LogP contribution in [-0.2, 0) is 15.6 Å². The molecule has 194 valence electrons. The maximum Gasteiger partial charge on any atom is 0.262 e. The predicted octanol–water partition coefficient (Wildman–Crippen LogP) is 7.70. The van der Waals surface area contributed by atoms with Gasteiger partial charge in [-0.05, 0) is 66.5 Å². The van der Waals surface area contributed by atoms with E-state index in [0.717, 1.165) is 46.8 Å². The first kappa shape index (κ1) is 26.5. The summed E-state index contributed by atoms with van der Waals surface area (Å²) in [4.78, 5) is 17.6. The molecule has 0 fully saturated rings. The van der Waals surface area contributed by atoms with Gasteiger partial charge in [0.2, 0.25) is 0 Å². The predicted molar refractivity (Wildman–Crippen MR) is 153 cm³/mol. The first-order chi connectivity index (χ1) is 17.5. The largest absolute Gasteiger partial charge is 0.483 e. The summed E-state index contributed by atoms with van der Waals surface area (Å²) < 4.78 is 8.17. The molecule has 0 aliphatic heterocycles. The molecule has 0 aliphatic rings. The molecule has 1 N–H and O–H groups in total. The van der Waals surface area contributed by atoms with Crippen LogP contribution in [0, 0.1) is 6.92 Å². The molecular weight excluding hydrogens is 458 g/mol. The second-order valence-corrected chi connectivity index (χ2v) is 11.1. The molecule has 5 nitrogen and oxygen atoms in total. The molecular formula is C32H39N3O2. The van der Waals surface area contributed by atoms with Gasteiger partial charge < -0.3 is 14.5 Å². The summed E-state index contributed by atoms with van der Waals surface area (Å²) in [5, 5.41) is 2.99. The van der Waals surface area contributed by atoms with Crippen LogP contribution in [0.3, 0.4) is 0 Å². The molecule has 0 saturated carbocycles. The highest BCUT2D eigenvalue weighted by Gasteiger charge is 2.27. The lowest BCUT2D eigenvalue weighted by Gasteiger charge is -2.30. The van der Waals surface area contributed by atoms with Gasteiger partial charge in [0.1, 0.15) is 11.4 Å². The number of aryl methyl sites for hydroxylation is 1. The Morgan fingerprint density at radius 1 is 0.946 bits per heavy atom. The minimum absolute atomic E-state index is 0.0545. The molecule has 0 aliphatic carbocycles. The van der Waals surface area contributed by atoms with Crippen molar-refractivity contribution in [3.8, 4) is 17.0 Å². The third-order valence-electron chi connectivity index (χ3n) is 7.75. The third kappa shape index (κ3) is 5.71. The van der Waals surface area contributed by atoms with E-state index < -0.39 is 0 Å². The van der Waals surface area contributed by atoms with Gasteiger partial charge in [-0.1, -0.05) is 71.9 Å². The number of pyridine rings is 1. The lowest BCUT2D eigenvalue weighted by molar-refractivity contribution is -0.118. The second-order valence-electron chi connectivity index (χ2n) is 11.1. The smallest absolute Gasteiger partial charge is 0.262 e. The molecule has 0 spiro atoms. The fourth-order valence-corrected chi connectivity index (χ4v) is 4.38. The Balaban J connectivity index is 1.50. The Morgan fingerprint density at radius 2 is 1.68 bits per heavy atom. The number of nitrogens with zero attached hydrogens (tertiary/aromatic N) is 2. The minimum atomic E-state index is -0.193. The van der Waals surface area contributed by atoms with Crippen molar-refractivity contribution in [3.05, 3.63) is 83.7 Å². The molecule has 37 heavy (non-hydrogen) atoms. The molecule has 2 aromatic heterocycles. The van der Waals surface area contributed by atoms with Crippen molar-refractivity contribution >= 4 is 17.2 Å². The zero-order chi connectivity index (χ0) is 26.8. The van der Waals surface area contributed by atoms with Crippen LogP contribution < -0.4 is 10.1 Å². The fourth-order valence-electron chi connectivity index (χ4n) is 4.38. The number of hydrogen-bond donors (Lipinski definition) is 1. The normalized spacial score (nSPS) is 12.1. The van der Waals surface area contributed by atoms with Crippen LogP contribution in [0.15, 0.2) is 66.9 Å². The van der Waals surface area contributed by atoms with E-state index in [1.807, 2.05) is 48.7 Å². The number of hydrogen-bond acceptors (Lipinski definition) is 3. The summed E-state index contributed by atoms with van der Waals surface area (Å²) in [6.45, 7) is 15.4. The van der Waals surface area contributed by atoms with Crippen LogP contribution in [-0.4, -0.2) is 21.9 Å². The van der Waals surface area contributed by atoms with E-state index in [-0.39, 0.29) is 23.3 Å². The van der Waals surface area contributed by atoms with Gasteiger partial charge in [-0.15, -0.1) is 0 Å². The Hall–Kier alpha value is -3.60. The van der Waals surface area contributed by atoms with Gasteiger partial charge >= 0.3 is 0 Å². The van der Waals surface area contributed by atoms with Crippen molar-refractivity contribution < 1.29 is 9.53 Å². The molecule has 0 unspecified atom stereocenters. The molecule has 5 heteroatoms. The van der Waals surface area contributed by atoms with Crippen LogP contribution in [0.25, 0.3) is 16.9 Å². The molecule has 4 aromatic rings. The summed E-state index contributed by atoms with van der Waals surface area (Å²) >= 11 is 0. The SMILES string of the molecule is CCC(C)(C)c1ccc(OCC(=O)Nc2cccc(-c3cn4c(C)cccc4n3)c2)c(C(C)(C)CC)c1. The Labute approximate surface area is 220 Å². The highest BCUT2D eigenvalue weighted by Crippen LogP contribution is 2.38. The van der Waals surface area contributed by atoms with E-state index >= 15 is 0 Å². The van der Waals surface area contributed by atoms with E-state index in [9.17, 15) is 4.79 Å². The highest BCUT2D eigenvalue weighted by molar-refractivity contribution is 5.92. The van der Waals surface area contributed by atoms with Crippen LogP contribution in [0.2, 0.25) is 0 Å². The van der Waals surface area contributed by atoms with Crippen LogP contribution in [0.5, 0.6) is 5.75 Å². The average molecular weight is 498 g/mol. The van der Waals surface area contributed by atoms with E-state index in [1.54, 1.807) is 0 Å². The van der Waals surface area contributed by atoms with Crippen LogP contribution >= 0.6 is 0 Å². The summed E-state index contributed by atoms with van der Waals surface area (Å²) in [5.74, 6) is 0.577. The van der Waals surface area contributed by atoms with Crippen molar-refractivity contribution in [2.45, 2.75) is 72.1 Å². The number of benzene rings is 2. The third-order valence-corrected chi connectivity index (χ3v) is 7.75. The zero-order valence-corrected chi connectivity index (χ0v) is 23.2. The molecule has 0 saturated heterocycles. The van der Waals surface area contributed by atoms with Gasteiger partial charge in [0.25, 0.3) is 5.91 Å². The molecule has 0 bridgehead atoms. The molecule has 0 atom stereocenters. The lowest BCUT2D eigenvalue weighted by atomic mass is 9.76. The van der Waals surface area contributed by atoms with Gasteiger partial charge in [0.05, 0.1) is 5.69 Å². The molecule has 2 heterocycles. The van der Waals surface area contributed by atoms with E-state index in [2.05, 4.69) is 76.4 Å². The van der Waals surface area contributed by atoms with Crippen molar-refractivity contribution in [3.63, 3.8) is 0 Å². The van der Waals surface area contributed by atoms with E-state index in [0.29, 0.717) is 5.69 Å². The molecule has 0 radical (unpaired) electrons. The number of nitrogens with one attached hydrogen (secondary N) is 1. The number of carbonyl (C=O) groups excluding carboxylic acids is 1. The maximum absolute atomic E-state index is 12.9. The van der Waals surface area contributed by atoms with Crippen molar-refractivity contribution in [1.82, 2.24) is 9.38 Å². The number of amides is 1. The van der Waals surface area contributed by atoms with Gasteiger partial charge in [-0.2, -0.15) is 0 Å². The van der Waals surface area contributed by atoms with Crippen molar-refractivity contribution in [2.75, 3.05) is 11.9 Å². The van der Waals surface area contributed by atoms with Gasteiger partial charge in [-0.25, -0.2) is 4.98 Å². The Morgan fingerprint density at radius 3 is 2.38 bits per heavy atom. The maximum atomic E-state index is 12.9. The Kier molecular flexibility index (Phi) is 7.44. The van der Waals surface area contributed by atoms with Gasteiger partial charge in [0, 0.05) is 28.7 Å². The number of aromatic nitrogens is 2. The van der Waals surface area contributed by atoms with Crippen LogP contribution in [0.4, 0.5) is 5.69 Å². The summed E-state index contributed by atoms with van der Waals surface area (Å²) in [6, 6.07) is 20.2. The fraction of sp³-hybridized carbons (Fsp3) is 0.375. The van der Waals surface area contributed by atoms with E-state index in [4.69, 9.17) is 9.72 Å². The Bertz CT molecular complexity index is 1410. The van der Waals surface area contributed by atoms with Crippen molar-refractivity contribution in [1.29, 1.82) is 0 Å². The van der Waals surface area contributed by atoms with E-state index in [1.165, 1.54) is 5.56 Å². The standard InChI is InChI=1S/C32H39N3O2/c1-8-31(4,5)24-16-17-28(26(19-24)32(6,7)9-2)37-21-30(36)33-25-14-11-13-23(18-25)27-20-35-22(3)12-10-15-29(35)34-27/h10-20H,8-9,21H2,1-7H3,(H,33,36). The monoisotopic (exact) mass is 497 g/mol. The average Bonchev–Trinajstić information content (AvgIpc) is 3.33. The zero-order valence-electron chi connectivity index (χ0n) is 23.2. The quantitative estimate of drug-likeness (QED) is 0.258. The molecule has 1 amide bonds. The number of anilines is 1. The summed E-state index contributed by atoms with van der Waals surface area (Å²) in [7, 11) is 0. The minimum Gasteiger partial charge on any atom is -0.483 e.